The standard InChI is InChI=1S/C12H12BrNOS2/c1-7-6-16-12(14-7)17-11-4-3-9(13)5-10(11)8(2)15/h3-6,8,15H,1-2H3. The summed E-state index contributed by atoms with van der Waals surface area (Å²) in [4.78, 5) is 5.47. The Morgan fingerprint density at radius 2 is 2.24 bits per heavy atom. The Kier molecular flexibility index (Phi) is 4.25. The maximum Gasteiger partial charge on any atom is 0.154 e. The van der Waals surface area contributed by atoms with E-state index in [2.05, 4.69) is 20.9 Å². The van der Waals surface area contributed by atoms with Crippen molar-refractivity contribution >= 4 is 39.0 Å². The summed E-state index contributed by atoms with van der Waals surface area (Å²) in [6, 6.07) is 5.94. The van der Waals surface area contributed by atoms with Crippen LogP contribution < -0.4 is 0 Å². The van der Waals surface area contributed by atoms with E-state index in [1.54, 1.807) is 30.0 Å². The highest BCUT2D eigenvalue weighted by atomic mass is 79.9. The lowest BCUT2D eigenvalue weighted by Gasteiger charge is -2.10. The lowest BCUT2D eigenvalue weighted by atomic mass is 10.1. The van der Waals surface area contributed by atoms with Crippen LogP contribution in [0.3, 0.4) is 0 Å². The molecule has 1 N–H and O–H groups in total. The minimum Gasteiger partial charge on any atom is -0.389 e. The fourth-order valence-corrected chi connectivity index (χ4v) is 3.78. The van der Waals surface area contributed by atoms with Crippen molar-refractivity contribution in [1.82, 2.24) is 4.98 Å². The summed E-state index contributed by atoms with van der Waals surface area (Å²) in [6.07, 6.45) is -0.476. The monoisotopic (exact) mass is 329 g/mol. The molecule has 0 spiro atoms. The van der Waals surface area contributed by atoms with Crippen LogP contribution in [0.15, 0.2) is 37.3 Å². The van der Waals surface area contributed by atoms with Gasteiger partial charge in [0.2, 0.25) is 0 Å². The number of aliphatic hydroxyl groups excluding tert-OH is 1. The van der Waals surface area contributed by atoms with Gasteiger partial charge in [0.1, 0.15) is 0 Å². The van der Waals surface area contributed by atoms with E-state index in [-0.39, 0.29) is 0 Å². The number of benzene rings is 1. The third-order valence-corrected chi connectivity index (χ3v) is 4.86. The molecule has 1 heterocycles. The van der Waals surface area contributed by atoms with Crippen molar-refractivity contribution in [2.24, 2.45) is 0 Å². The van der Waals surface area contributed by atoms with Crippen molar-refractivity contribution in [3.63, 3.8) is 0 Å². The molecule has 90 valence electrons. The van der Waals surface area contributed by atoms with Gasteiger partial charge in [-0.1, -0.05) is 27.7 Å². The van der Waals surface area contributed by atoms with Gasteiger partial charge in [0.05, 0.1) is 6.10 Å². The molecule has 2 rings (SSSR count). The zero-order valence-corrected chi connectivity index (χ0v) is 12.7. The molecule has 0 saturated carbocycles. The van der Waals surface area contributed by atoms with Crippen LogP contribution in [-0.4, -0.2) is 10.1 Å². The maximum absolute atomic E-state index is 9.76. The highest BCUT2D eigenvalue weighted by Crippen LogP contribution is 2.36. The second-order valence-corrected chi connectivity index (χ2v) is 6.78. The van der Waals surface area contributed by atoms with Gasteiger partial charge in [-0.25, -0.2) is 4.98 Å². The molecule has 0 amide bonds. The summed E-state index contributed by atoms with van der Waals surface area (Å²) in [6.45, 7) is 3.76. The first-order valence-corrected chi connectivity index (χ1v) is 7.62. The zero-order valence-electron chi connectivity index (χ0n) is 9.48. The van der Waals surface area contributed by atoms with Crippen molar-refractivity contribution in [2.45, 2.75) is 29.2 Å². The molecule has 0 saturated heterocycles. The molecule has 0 aliphatic carbocycles. The van der Waals surface area contributed by atoms with Crippen LogP contribution in [0.5, 0.6) is 0 Å². The van der Waals surface area contributed by atoms with Crippen LogP contribution in [-0.2, 0) is 0 Å². The van der Waals surface area contributed by atoms with E-state index >= 15 is 0 Å². The van der Waals surface area contributed by atoms with E-state index in [0.717, 1.165) is 25.0 Å². The van der Waals surface area contributed by atoms with Crippen LogP contribution >= 0.6 is 39.0 Å². The summed E-state index contributed by atoms with van der Waals surface area (Å²) in [5.41, 5.74) is 1.96. The lowest BCUT2D eigenvalue weighted by molar-refractivity contribution is 0.196. The Morgan fingerprint density at radius 1 is 1.47 bits per heavy atom. The Bertz CT molecular complexity index is 525. The largest absolute Gasteiger partial charge is 0.389 e. The first kappa shape index (κ1) is 13.1. The molecule has 2 aromatic rings. The number of rotatable bonds is 3. The van der Waals surface area contributed by atoms with Gasteiger partial charge in [-0.2, -0.15) is 0 Å². The smallest absolute Gasteiger partial charge is 0.154 e. The summed E-state index contributed by atoms with van der Waals surface area (Å²) in [5, 5.41) is 11.8. The average Bonchev–Trinajstić information content (AvgIpc) is 2.66. The molecule has 17 heavy (non-hydrogen) atoms. The lowest BCUT2D eigenvalue weighted by Crippen LogP contribution is -1.93. The van der Waals surface area contributed by atoms with Gasteiger partial charge in [-0.05, 0) is 37.6 Å². The van der Waals surface area contributed by atoms with Gasteiger partial charge in [0.15, 0.2) is 4.34 Å². The number of aliphatic hydroxyl groups is 1. The Morgan fingerprint density at radius 3 is 2.82 bits per heavy atom. The van der Waals surface area contributed by atoms with Crippen LogP contribution in [0.25, 0.3) is 0 Å². The minimum absolute atomic E-state index is 0.476. The molecule has 2 nitrogen and oxygen atoms in total. The molecular formula is C12H12BrNOS2. The van der Waals surface area contributed by atoms with Crippen molar-refractivity contribution < 1.29 is 5.11 Å². The quantitative estimate of drug-likeness (QED) is 0.904. The number of aryl methyl sites for hydroxylation is 1. The molecule has 0 aliphatic heterocycles. The number of hydrogen-bond donors (Lipinski definition) is 1. The number of halogens is 1. The highest BCUT2D eigenvalue weighted by molar-refractivity contribution is 9.10. The SMILES string of the molecule is Cc1csc(Sc2ccc(Br)cc2C(C)O)n1. The predicted octanol–water partition coefficient (Wildman–Crippen LogP) is 4.42. The summed E-state index contributed by atoms with van der Waals surface area (Å²) in [5.74, 6) is 0. The molecule has 0 fully saturated rings. The molecule has 1 aromatic carbocycles. The summed E-state index contributed by atoms with van der Waals surface area (Å²) >= 11 is 6.65. The fraction of sp³-hybridized carbons (Fsp3) is 0.250. The normalized spacial score (nSPS) is 12.7. The summed E-state index contributed by atoms with van der Waals surface area (Å²) in [7, 11) is 0. The Labute approximate surface area is 117 Å². The predicted molar refractivity (Wildman–Crippen MR) is 75.7 cm³/mol. The van der Waals surface area contributed by atoms with Gasteiger partial charge >= 0.3 is 0 Å². The first-order valence-electron chi connectivity index (χ1n) is 5.14. The number of thiazole rings is 1. The second-order valence-electron chi connectivity index (χ2n) is 3.71. The number of aromatic nitrogens is 1. The average molecular weight is 330 g/mol. The molecule has 0 aliphatic rings. The van der Waals surface area contributed by atoms with E-state index in [1.165, 1.54) is 0 Å². The van der Waals surface area contributed by atoms with Crippen LogP contribution in [0.1, 0.15) is 24.3 Å². The van der Waals surface area contributed by atoms with E-state index in [0.29, 0.717) is 0 Å². The zero-order chi connectivity index (χ0) is 12.4. The van der Waals surface area contributed by atoms with Gasteiger partial charge < -0.3 is 5.11 Å². The van der Waals surface area contributed by atoms with Crippen molar-refractivity contribution in [1.29, 1.82) is 0 Å². The van der Waals surface area contributed by atoms with Gasteiger partial charge in [0.25, 0.3) is 0 Å². The molecule has 0 bridgehead atoms. The van der Waals surface area contributed by atoms with Gasteiger partial charge in [-0.15, -0.1) is 11.3 Å². The molecular weight excluding hydrogens is 318 g/mol. The Hall–Kier alpha value is -0.360. The van der Waals surface area contributed by atoms with Gasteiger partial charge in [-0.3, -0.25) is 0 Å². The van der Waals surface area contributed by atoms with Crippen LogP contribution in [0.2, 0.25) is 0 Å². The molecule has 1 atom stereocenters. The maximum atomic E-state index is 9.76. The highest BCUT2D eigenvalue weighted by Gasteiger charge is 2.11. The third-order valence-electron chi connectivity index (χ3n) is 2.22. The molecule has 1 unspecified atom stereocenters. The van der Waals surface area contributed by atoms with Crippen molar-refractivity contribution in [3.05, 3.63) is 39.3 Å². The minimum atomic E-state index is -0.476. The van der Waals surface area contributed by atoms with Crippen molar-refractivity contribution in [2.75, 3.05) is 0 Å². The van der Waals surface area contributed by atoms with E-state index in [9.17, 15) is 5.11 Å². The second kappa shape index (κ2) is 5.52. The third kappa shape index (κ3) is 3.31. The number of nitrogens with zero attached hydrogens (tertiary/aromatic N) is 1. The fourth-order valence-electron chi connectivity index (χ4n) is 1.41. The van der Waals surface area contributed by atoms with E-state index in [4.69, 9.17) is 0 Å². The topological polar surface area (TPSA) is 33.1 Å². The summed E-state index contributed by atoms with van der Waals surface area (Å²) < 4.78 is 1.99. The van der Waals surface area contributed by atoms with Crippen LogP contribution in [0, 0.1) is 6.92 Å². The van der Waals surface area contributed by atoms with E-state index in [1.807, 2.05) is 30.5 Å². The number of hydrogen-bond acceptors (Lipinski definition) is 4. The van der Waals surface area contributed by atoms with Crippen molar-refractivity contribution in [3.8, 4) is 0 Å². The Balaban J connectivity index is 2.32. The first-order chi connectivity index (χ1) is 8.06. The molecule has 1 aromatic heterocycles. The van der Waals surface area contributed by atoms with Gasteiger partial charge in [0, 0.05) is 20.4 Å². The van der Waals surface area contributed by atoms with Crippen LogP contribution in [0.4, 0.5) is 0 Å². The molecule has 0 radical (unpaired) electrons. The molecule has 5 heteroatoms. The van der Waals surface area contributed by atoms with E-state index < -0.39 is 6.10 Å².